The van der Waals surface area contributed by atoms with Gasteiger partial charge in [0.1, 0.15) is 0 Å². The average molecular weight is 262 g/mol. The van der Waals surface area contributed by atoms with Crippen molar-refractivity contribution < 1.29 is 18.1 Å². The van der Waals surface area contributed by atoms with Crippen LogP contribution in [0.4, 0.5) is 4.79 Å². The summed E-state index contributed by atoms with van der Waals surface area (Å²) in [6.45, 7) is 10.8. The number of nitrogens with one attached hydrogen (secondary N) is 1. The Morgan fingerprint density at radius 2 is 1.59 bits per heavy atom. The summed E-state index contributed by atoms with van der Waals surface area (Å²) in [5.41, 5.74) is 5.46. The topological polar surface area (TPSA) is 82.8 Å². The normalized spacial score (nSPS) is 11.2. The van der Waals surface area contributed by atoms with Crippen LogP contribution < -0.4 is 11.1 Å². The molecule has 6 nitrogen and oxygen atoms in total. The summed E-state index contributed by atoms with van der Waals surface area (Å²) in [5.74, 6) is 0. The minimum atomic E-state index is -2.80. The standard InChI is InChI=1S/C10H22N2O4Si/c1-5-14-17(15-6-2,16-7-3)8-9(4)12-10(11)13/h4-8H2,1-3H3,(H3,11,12,13). The quantitative estimate of drug-likeness (QED) is 0.612. The SMILES string of the molecule is C=C(C[Si](OCC)(OCC)OCC)NC(N)=O. The second-order valence-electron chi connectivity index (χ2n) is 3.25. The number of primary amides is 1. The van der Waals surface area contributed by atoms with E-state index in [1.54, 1.807) is 0 Å². The average Bonchev–Trinajstić information content (AvgIpc) is 2.16. The zero-order valence-electron chi connectivity index (χ0n) is 10.7. The number of urea groups is 1. The fraction of sp³-hybridized carbons (Fsp3) is 0.700. The van der Waals surface area contributed by atoms with Crippen LogP contribution in [-0.2, 0) is 13.3 Å². The Hall–Kier alpha value is -0.893. The van der Waals surface area contributed by atoms with E-state index in [-0.39, 0.29) is 0 Å². The molecule has 0 aliphatic carbocycles. The van der Waals surface area contributed by atoms with Gasteiger partial charge < -0.3 is 24.3 Å². The minimum absolute atomic E-state index is 0.325. The maximum absolute atomic E-state index is 10.7. The number of amides is 2. The highest BCUT2D eigenvalue weighted by Gasteiger charge is 2.41. The molecule has 0 rings (SSSR count). The highest BCUT2D eigenvalue weighted by atomic mass is 28.4. The molecule has 0 aliphatic heterocycles. The van der Waals surface area contributed by atoms with Crippen LogP contribution in [-0.4, -0.2) is 34.7 Å². The third-order valence-electron chi connectivity index (χ3n) is 1.82. The third-order valence-corrected chi connectivity index (χ3v) is 4.87. The molecule has 0 saturated heterocycles. The van der Waals surface area contributed by atoms with Crippen molar-refractivity contribution in [1.29, 1.82) is 0 Å². The van der Waals surface area contributed by atoms with Gasteiger partial charge in [-0.2, -0.15) is 0 Å². The minimum Gasteiger partial charge on any atom is -0.374 e. The van der Waals surface area contributed by atoms with Gasteiger partial charge in [-0.15, -0.1) is 0 Å². The van der Waals surface area contributed by atoms with E-state index >= 15 is 0 Å². The largest absolute Gasteiger partial charge is 0.507 e. The van der Waals surface area contributed by atoms with Crippen molar-refractivity contribution in [2.24, 2.45) is 5.73 Å². The highest BCUT2D eigenvalue weighted by molar-refractivity contribution is 6.61. The molecule has 0 atom stereocenters. The molecule has 0 unspecified atom stereocenters. The van der Waals surface area contributed by atoms with Crippen LogP contribution in [0.2, 0.25) is 6.04 Å². The number of rotatable bonds is 9. The summed E-state index contributed by atoms with van der Waals surface area (Å²) in [6.07, 6.45) is 0. The molecule has 7 heteroatoms. The third kappa shape index (κ3) is 6.42. The Kier molecular flexibility index (Phi) is 7.80. The van der Waals surface area contributed by atoms with Gasteiger partial charge in [-0.3, -0.25) is 0 Å². The van der Waals surface area contributed by atoms with Gasteiger partial charge in [0.05, 0.1) is 6.04 Å². The highest BCUT2D eigenvalue weighted by Crippen LogP contribution is 2.19. The summed E-state index contributed by atoms with van der Waals surface area (Å²) < 4.78 is 16.8. The Morgan fingerprint density at radius 3 is 1.88 bits per heavy atom. The molecule has 2 amide bonds. The lowest BCUT2D eigenvalue weighted by atomic mass is 10.6. The van der Waals surface area contributed by atoms with Crippen LogP contribution in [0.5, 0.6) is 0 Å². The summed E-state index contributed by atoms with van der Waals surface area (Å²) in [4.78, 5) is 10.7. The van der Waals surface area contributed by atoms with Crippen molar-refractivity contribution in [2.45, 2.75) is 26.8 Å². The fourth-order valence-corrected chi connectivity index (χ4v) is 3.90. The van der Waals surface area contributed by atoms with E-state index in [0.29, 0.717) is 31.6 Å². The lowest BCUT2D eigenvalue weighted by Gasteiger charge is -2.28. The molecule has 0 aromatic heterocycles. The number of allylic oxidation sites excluding steroid dienone is 1. The van der Waals surface area contributed by atoms with Gasteiger partial charge in [0.2, 0.25) is 0 Å². The van der Waals surface area contributed by atoms with E-state index in [1.807, 2.05) is 20.8 Å². The van der Waals surface area contributed by atoms with Crippen molar-refractivity contribution in [1.82, 2.24) is 5.32 Å². The number of carbonyl (C=O) groups is 1. The molecule has 0 aromatic carbocycles. The predicted molar refractivity (Wildman–Crippen MR) is 67.3 cm³/mol. The number of nitrogens with two attached hydrogens (primary N) is 1. The first-order valence-corrected chi connectivity index (χ1v) is 7.59. The van der Waals surface area contributed by atoms with Gasteiger partial charge in [-0.25, -0.2) is 4.79 Å². The molecule has 0 aromatic rings. The molecule has 0 heterocycles. The second kappa shape index (κ2) is 8.23. The van der Waals surface area contributed by atoms with E-state index in [4.69, 9.17) is 19.0 Å². The Morgan fingerprint density at radius 1 is 1.18 bits per heavy atom. The number of hydrogen-bond acceptors (Lipinski definition) is 4. The summed E-state index contributed by atoms with van der Waals surface area (Å²) in [7, 11) is -2.80. The van der Waals surface area contributed by atoms with Gasteiger partial charge in [-0.1, -0.05) is 6.58 Å². The molecule has 0 spiro atoms. The van der Waals surface area contributed by atoms with Gasteiger partial charge in [0, 0.05) is 25.5 Å². The van der Waals surface area contributed by atoms with Gasteiger partial charge in [0.25, 0.3) is 0 Å². The Labute approximate surface area is 103 Å². The maximum Gasteiger partial charge on any atom is 0.507 e. The molecular formula is C10H22N2O4Si. The zero-order chi connectivity index (χ0) is 13.3. The predicted octanol–water partition coefficient (Wildman–Crippen LogP) is 1.22. The van der Waals surface area contributed by atoms with Crippen LogP contribution in [0.25, 0.3) is 0 Å². The van der Waals surface area contributed by atoms with Crippen LogP contribution in [0.1, 0.15) is 20.8 Å². The van der Waals surface area contributed by atoms with Crippen molar-refractivity contribution in [3.05, 3.63) is 12.3 Å². The van der Waals surface area contributed by atoms with E-state index in [1.165, 1.54) is 0 Å². The maximum atomic E-state index is 10.7. The first-order valence-electron chi connectivity index (χ1n) is 5.65. The molecule has 100 valence electrons. The van der Waals surface area contributed by atoms with Crippen molar-refractivity contribution >= 4 is 14.8 Å². The van der Waals surface area contributed by atoms with Crippen LogP contribution >= 0.6 is 0 Å². The van der Waals surface area contributed by atoms with Gasteiger partial charge >= 0.3 is 14.8 Å². The van der Waals surface area contributed by atoms with Crippen LogP contribution in [0, 0.1) is 0 Å². The molecular weight excluding hydrogens is 240 g/mol. The smallest absolute Gasteiger partial charge is 0.374 e. The molecule has 0 aliphatic rings. The zero-order valence-corrected chi connectivity index (χ0v) is 11.7. The monoisotopic (exact) mass is 262 g/mol. The lowest BCUT2D eigenvalue weighted by molar-refractivity contribution is 0.0734. The van der Waals surface area contributed by atoms with E-state index < -0.39 is 14.8 Å². The molecule has 0 saturated carbocycles. The second-order valence-corrected chi connectivity index (χ2v) is 5.84. The van der Waals surface area contributed by atoms with Crippen LogP contribution in [0.3, 0.4) is 0 Å². The summed E-state index contributed by atoms with van der Waals surface area (Å²) in [6, 6.07) is -0.326. The van der Waals surface area contributed by atoms with E-state index in [9.17, 15) is 4.79 Å². The molecule has 0 fully saturated rings. The van der Waals surface area contributed by atoms with Crippen molar-refractivity contribution in [3.63, 3.8) is 0 Å². The molecule has 0 radical (unpaired) electrons. The fourth-order valence-electron chi connectivity index (χ4n) is 1.42. The molecule has 0 bridgehead atoms. The number of carbonyl (C=O) groups excluding carboxylic acids is 1. The first kappa shape index (κ1) is 16.1. The van der Waals surface area contributed by atoms with Gasteiger partial charge in [0.15, 0.2) is 0 Å². The molecule has 17 heavy (non-hydrogen) atoms. The summed E-state index contributed by atoms with van der Waals surface area (Å²) >= 11 is 0. The Balaban J connectivity index is 4.63. The number of hydrogen-bond donors (Lipinski definition) is 2. The summed E-state index contributed by atoms with van der Waals surface area (Å²) in [5, 5.41) is 2.41. The van der Waals surface area contributed by atoms with Crippen LogP contribution in [0.15, 0.2) is 12.3 Å². The van der Waals surface area contributed by atoms with E-state index in [0.717, 1.165) is 0 Å². The lowest BCUT2D eigenvalue weighted by Crippen LogP contribution is -2.47. The van der Waals surface area contributed by atoms with E-state index in [2.05, 4.69) is 11.9 Å². The first-order chi connectivity index (χ1) is 7.99. The Bertz CT molecular complexity index is 244. The van der Waals surface area contributed by atoms with Gasteiger partial charge in [-0.05, 0) is 20.8 Å². The van der Waals surface area contributed by atoms with Crippen molar-refractivity contribution in [3.8, 4) is 0 Å². The van der Waals surface area contributed by atoms with Crippen molar-refractivity contribution in [2.75, 3.05) is 19.8 Å². The molecule has 3 N–H and O–H groups in total.